The van der Waals surface area contributed by atoms with Crippen LogP contribution in [0.3, 0.4) is 0 Å². The fourth-order valence-corrected chi connectivity index (χ4v) is 1.68. The van der Waals surface area contributed by atoms with Gasteiger partial charge < -0.3 is 15.1 Å². The van der Waals surface area contributed by atoms with Crippen LogP contribution in [0.1, 0.15) is 24.8 Å². The Morgan fingerprint density at radius 3 is 2.84 bits per heavy atom. The van der Waals surface area contributed by atoms with Gasteiger partial charge in [-0.05, 0) is 43.7 Å². The highest BCUT2D eigenvalue weighted by atomic mass is 19.1. The summed E-state index contributed by atoms with van der Waals surface area (Å²) >= 11 is 0. The van der Waals surface area contributed by atoms with Gasteiger partial charge in [-0.2, -0.15) is 0 Å². The summed E-state index contributed by atoms with van der Waals surface area (Å²) in [6, 6.07) is 4.91. The van der Waals surface area contributed by atoms with E-state index in [0.717, 1.165) is 18.5 Å². The van der Waals surface area contributed by atoms with E-state index < -0.39 is 0 Å². The zero-order valence-electron chi connectivity index (χ0n) is 11.0. The van der Waals surface area contributed by atoms with Crippen molar-refractivity contribution in [3.8, 4) is 0 Å². The van der Waals surface area contributed by atoms with E-state index >= 15 is 0 Å². The van der Waals surface area contributed by atoms with Crippen LogP contribution in [0.2, 0.25) is 0 Å². The van der Waals surface area contributed by atoms with Crippen LogP contribution in [-0.2, 0) is 6.54 Å². The molecule has 0 fully saturated rings. The fraction of sp³-hybridized carbons (Fsp3) is 0.385. The second-order valence-electron chi connectivity index (χ2n) is 4.32. The number of benzene rings is 1. The minimum absolute atomic E-state index is 0.262. The Hall–Kier alpha value is -1.95. The van der Waals surface area contributed by atoms with Crippen molar-refractivity contribution in [3.63, 3.8) is 0 Å². The molecule has 0 aliphatic rings. The molecule has 2 aromatic rings. The van der Waals surface area contributed by atoms with Crippen molar-refractivity contribution in [3.05, 3.63) is 35.5 Å². The Morgan fingerprint density at radius 1 is 1.26 bits per heavy atom. The van der Waals surface area contributed by atoms with Gasteiger partial charge in [0.15, 0.2) is 0 Å². The highest BCUT2D eigenvalue weighted by Gasteiger charge is 2.06. The van der Waals surface area contributed by atoms with Gasteiger partial charge in [0.05, 0.1) is 6.54 Å². The van der Waals surface area contributed by atoms with E-state index in [0.29, 0.717) is 18.1 Å². The van der Waals surface area contributed by atoms with E-state index in [1.165, 1.54) is 12.1 Å². The monoisotopic (exact) mass is 264 g/mol. The second-order valence-corrected chi connectivity index (χ2v) is 4.32. The first-order valence-corrected chi connectivity index (χ1v) is 6.24. The molecule has 0 aliphatic carbocycles. The molecule has 1 aromatic heterocycles. The summed E-state index contributed by atoms with van der Waals surface area (Å²) in [7, 11) is 0. The van der Waals surface area contributed by atoms with Gasteiger partial charge in [0.25, 0.3) is 0 Å². The topological polar surface area (TPSA) is 63.0 Å². The molecule has 1 aromatic carbocycles. The molecule has 102 valence electrons. The summed E-state index contributed by atoms with van der Waals surface area (Å²) in [6.45, 7) is 5.33. The van der Waals surface area contributed by atoms with E-state index in [4.69, 9.17) is 4.42 Å². The lowest BCUT2D eigenvalue weighted by atomic mass is 10.2. The van der Waals surface area contributed by atoms with Crippen LogP contribution in [-0.4, -0.2) is 16.7 Å². The Kier molecular flexibility index (Phi) is 4.46. The predicted octanol–water partition coefficient (Wildman–Crippen LogP) is 2.76. The van der Waals surface area contributed by atoms with Crippen LogP contribution >= 0.6 is 0 Å². The van der Waals surface area contributed by atoms with Crippen molar-refractivity contribution >= 4 is 11.7 Å². The molecule has 0 unspecified atom stereocenters. The first-order chi connectivity index (χ1) is 9.17. The molecule has 0 radical (unpaired) electrons. The summed E-state index contributed by atoms with van der Waals surface area (Å²) in [5.74, 6) is 0.205. The molecule has 19 heavy (non-hydrogen) atoms. The Balaban J connectivity index is 1.99. The van der Waals surface area contributed by atoms with Crippen LogP contribution < -0.4 is 10.6 Å². The van der Waals surface area contributed by atoms with Gasteiger partial charge in [-0.15, -0.1) is 5.10 Å². The van der Waals surface area contributed by atoms with Crippen LogP contribution in [0.25, 0.3) is 0 Å². The molecule has 0 bridgehead atoms. The lowest BCUT2D eigenvalue weighted by molar-refractivity contribution is 0.479. The maximum absolute atomic E-state index is 13.2. The van der Waals surface area contributed by atoms with Gasteiger partial charge >= 0.3 is 6.01 Å². The lowest BCUT2D eigenvalue weighted by Gasteiger charge is -2.02. The SMILES string of the molecule is CCCNCc1nnc(Nc2cc(C)cc(F)c2)o1. The van der Waals surface area contributed by atoms with Gasteiger partial charge in [-0.3, -0.25) is 0 Å². The number of halogens is 1. The molecule has 0 atom stereocenters. The molecule has 2 rings (SSSR count). The van der Waals surface area contributed by atoms with Crippen molar-refractivity contribution in [2.24, 2.45) is 0 Å². The first kappa shape index (κ1) is 13.5. The number of aromatic nitrogens is 2. The highest BCUT2D eigenvalue weighted by Crippen LogP contribution is 2.18. The number of hydrogen-bond acceptors (Lipinski definition) is 5. The Morgan fingerprint density at radius 2 is 2.11 bits per heavy atom. The zero-order chi connectivity index (χ0) is 13.7. The van der Waals surface area contributed by atoms with Gasteiger partial charge in [-0.25, -0.2) is 4.39 Å². The number of nitrogens with zero attached hydrogens (tertiary/aromatic N) is 2. The zero-order valence-corrected chi connectivity index (χ0v) is 11.0. The Labute approximate surface area is 111 Å². The number of hydrogen-bond donors (Lipinski definition) is 2. The van der Waals surface area contributed by atoms with Crippen LogP contribution in [0, 0.1) is 12.7 Å². The maximum Gasteiger partial charge on any atom is 0.320 e. The van der Waals surface area contributed by atoms with Crippen LogP contribution in [0.4, 0.5) is 16.1 Å². The van der Waals surface area contributed by atoms with E-state index in [2.05, 4.69) is 27.8 Å². The number of aryl methyl sites for hydroxylation is 1. The first-order valence-electron chi connectivity index (χ1n) is 6.24. The summed E-state index contributed by atoms with van der Waals surface area (Å²) in [6.07, 6.45) is 1.04. The molecule has 2 N–H and O–H groups in total. The van der Waals surface area contributed by atoms with E-state index in [9.17, 15) is 4.39 Å². The highest BCUT2D eigenvalue weighted by molar-refractivity contribution is 5.53. The molecule has 0 aliphatic heterocycles. The van der Waals surface area contributed by atoms with Gasteiger partial charge in [-0.1, -0.05) is 12.0 Å². The minimum atomic E-state index is -0.299. The van der Waals surface area contributed by atoms with E-state index in [1.54, 1.807) is 0 Å². The third-order valence-electron chi connectivity index (χ3n) is 2.46. The normalized spacial score (nSPS) is 10.7. The van der Waals surface area contributed by atoms with Gasteiger partial charge in [0, 0.05) is 5.69 Å². The Bertz CT molecular complexity index is 521. The summed E-state index contributed by atoms with van der Waals surface area (Å²) in [5.41, 5.74) is 1.42. The number of nitrogens with one attached hydrogen (secondary N) is 2. The third kappa shape index (κ3) is 4.03. The minimum Gasteiger partial charge on any atom is -0.406 e. The fourth-order valence-electron chi connectivity index (χ4n) is 1.68. The molecule has 0 saturated carbocycles. The molecule has 0 saturated heterocycles. The molecule has 5 nitrogen and oxygen atoms in total. The maximum atomic E-state index is 13.2. The lowest BCUT2D eigenvalue weighted by Crippen LogP contribution is -2.13. The van der Waals surface area contributed by atoms with Crippen LogP contribution in [0.15, 0.2) is 22.6 Å². The summed E-state index contributed by atoms with van der Waals surface area (Å²) in [5, 5.41) is 13.8. The van der Waals surface area contributed by atoms with Crippen molar-refractivity contribution in [1.29, 1.82) is 0 Å². The van der Waals surface area contributed by atoms with Crippen molar-refractivity contribution < 1.29 is 8.81 Å². The van der Waals surface area contributed by atoms with E-state index in [1.807, 2.05) is 13.0 Å². The molecule has 0 amide bonds. The smallest absolute Gasteiger partial charge is 0.320 e. The molecule has 6 heteroatoms. The number of anilines is 2. The quantitative estimate of drug-likeness (QED) is 0.785. The molecule has 1 heterocycles. The van der Waals surface area contributed by atoms with Gasteiger partial charge in [0.1, 0.15) is 5.82 Å². The molecule has 0 spiro atoms. The number of rotatable bonds is 6. The standard InChI is InChI=1S/C13H17FN4O/c1-3-4-15-8-12-17-18-13(19-12)16-11-6-9(2)5-10(14)7-11/h5-7,15H,3-4,8H2,1-2H3,(H,16,18). The largest absolute Gasteiger partial charge is 0.406 e. The molecular formula is C13H17FN4O. The van der Waals surface area contributed by atoms with Gasteiger partial charge in [0.2, 0.25) is 5.89 Å². The van der Waals surface area contributed by atoms with E-state index in [-0.39, 0.29) is 11.8 Å². The van der Waals surface area contributed by atoms with Crippen molar-refractivity contribution in [1.82, 2.24) is 15.5 Å². The summed E-state index contributed by atoms with van der Waals surface area (Å²) < 4.78 is 18.6. The molecular weight excluding hydrogens is 247 g/mol. The summed E-state index contributed by atoms with van der Waals surface area (Å²) in [4.78, 5) is 0. The average Bonchev–Trinajstić information content (AvgIpc) is 2.76. The van der Waals surface area contributed by atoms with Crippen LogP contribution in [0.5, 0.6) is 0 Å². The third-order valence-corrected chi connectivity index (χ3v) is 2.46. The average molecular weight is 264 g/mol. The predicted molar refractivity (Wildman–Crippen MR) is 70.7 cm³/mol. The van der Waals surface area contributed by atoms with Crippen molar-refractivity contribution in [2.45, 2.75) is 26.8 Å². The van der Waals surface area contributed by atoms with Crippen molar-refractivity contribution in [2.75, 3.05) is 11.9 Å². The second kappa shape index (κ2) is 6.29.